The lowest BCUT2D eigenvalue weighted by Crippen LogP contribution is -2.14. The van der Waals surface area contributed by atoms with Gasteiger partial charge in [0, 0.05) is 17.6 Å². The smallest absolute Gasteiger partial charge is 0.185 e. The van der Waals surface area contributed by atoms with Crippen LogP contribution in [0.2, 0.25) is 0 Å². The number of hydrogen-bond acceptors (Lipinski definition) is 2. The Kier molecular flexibility index (Phi) is 4.76. The molecule has 0 atom stereocenters. The molecule has 18 heavy (non-hydrogen) atoms. The van der Waals surface area contributed by atoms with Crippen LogP contribution in [0.5, 0.6) is 0 Å². The van der Waals surface area contributed by atoms with Gasteiger partial charge in [0.1, 0.15) is 0 Å². The number of nitrogens with zero attached hydrogens (tertiary/aromatic N) is 2. The molecule has 0 spiro atoms. The van der Waals surface area contributed by atoms with Crippen LogP contribution in [-0.2, 0) is 13.1 Å². The van der Waals surface area contributed by atoms with E-state index in [2.05, 4.69) is 48.9 Å². The van der Waals surface area contributed by atoms with Gasteiger partial charge in [-0.3, -0.25) is 4.99 Å². The molecule has 2 nitrogen and oxygen atoms in total. The number of unbranched alkanes of at least 4 members (excludes halogenated alkanes) is 1. The second-order valence-electron chi connectivity index (χ2n) is 4.47. The predicted octanol–water partition coefficient (Wildman–Crippen LogP) is 3.76. The first kappa shape index (κ1) is 13.1. The third kappa shape index (κ3) is 3.57. The van der Waals surface area contributed by atoms with E-state index in [-0.39, 0.29) is 0 Å². The summed E-state index contributed by atoms with van der Waals surface area (Å²) in [6.45, 7) is 6.22. The minimum absolute atomic E-state index is 0.771. The number of hydrogen-bond donors (Lipinski definition) is 0. The molecule has 0 saturated carbocycles. The molecule has 2 rings (SSSR count). The van der Waals surface area contributed by atoms with Gasteiger partial charge in [-0.1, -0.05) is 43.7 Å². The summed E-state index contributed by atoms with van der Waals surface area (Å²) in [5.74, 6) is 0. The Labute approximate surface area is 113 Å². The average Bonchev–Trinajstić information content (AvgIpc) is 2.75. The summed E-state index contributed by atoms with van der Waals surface area (Å²) in [6.07, 6.45) is 4.65. The van der Waals surface area contributed by atoms with Gasteiger partial charge < -0.3 is 4.57 Å². The summed E-state index contributed by atoms with van der Waals surface area (Å²) in [4.78, 5) is 7.21. The zero-order valence-electron chi connectivity index (χ0n) is 11.1. The second-order valence-corrected chi connectivity index (χ2v) is 5.69. The van der Waals surface area contributed by atoms with E-state index in [1.807, 2.05) is 6.07 Å². The number of thiazole rings is 1. The fraction of sp³-hybridized carbons (Fsp3) is 0.400. The molecule has 0 aliphatic rings. The van der Waals surface area contributed by atoms with Crippen LogP contribution >= 0.6 is 11.3 Å². The van der Waals surface area contributed by atoms with Crippen molar-refractivity contribution >= 4 is 11.3 Å². The molecular formula is C15H20N2S. The van der Waals surface area contributed by atoms with E-state index in [1.165, 1.54) is 23.3 Å². The monoisotopic (exact) mass is 260 g/mol. The summed E-state index contributed by atoms with van der Waals surface area (Å²) < 4.78 is 2.28. The van der Waals surface area contributed by atoms with Crippen LogP contribution in [0.4, 0.5) is 0 Å². The van der Waals surface area contributed by atoms with Crippen molar-refractivity contribution in [1.82, 2.24) is 4.57 Å². The van der Waals surface area contributed by atoms with Gasteiger partial charge in [0.05, 0.1) is 6.54 Å². The van der Waals surface area contributed by atoms with E-state index >= 15 is 0 Å². The molecule has 0 aliphatic heterocycles. The zero-order valence-corrected chi connectivity index (χ0v) is 11.9. The SMILES string of the molecule is CCCCn1cc(C)sc1=NCc1ccccc1. The fourth-order valence-electron chi connectivity index (χ4n) is 1.86. The van der Waals surface area contributed by atoms with Crippen molar-refractivity contribution in [3.8, 4) is 0 Å². The number of benzene rings is 1. The Morgan fingerprint density at radius 3 is 2.72 bits per heavy atom. The fourth-order valence-corrected chi connectivity index (χ4v) is 2.72. The van der Waals surface area contributed by atoms with Crippen molar-refractivity contribution in [2.45, 2.75) is 39.8 Å². The van der Waals surface area contributed by atoms with Gasteiger partial charge in [-0.05, 0) is 18.9 Å². The molecule has 0 radical (unpaired) electrons. The van der Waals surface area contributed by atoms with Gasteiger partial charge in [-0.2, -0.15) is 0 Å². The van der Waals surface area contributed by atoms with Gasteiger partial charge >= 0.3 is 0 Å². The van der Waals surface area contributed by atoms with Crippen LogP contribution in [0.25, 0.3) is 0 Å². The zero-order chi connectivity index (χ0) is 12.8. The molecule has 0 unspecified atom stereocenters. The van der Waals surface area contributed by atoms with Crippen molar-refractivity contribution in [2.24, 2.45) is 4.99 Å². The molecule has 0 saturated heterocycles. The Morgan fingerprint density at radius 1 is 1.22 bits per heavy atom. The first-order chi connectivity index (χ1) is 8.79. The molecule has 1 heterocycles. The first-order valence-electron chi connectivity index (χ1n) is 6.51. The summed E-state index contributed by atoms with van der Waals surface area (Å²) >= 11 is 1.78. The van der Waals surface area contributed by atoms with E-state index in [9.17, 15) is 0 Å². The van der Waals surface area contributed by atoms with Crippen LogP contribution in [-0.4, -0.2) is 4.57 Å². The summed E-state index contributed by atoms with van der Waals surface area (Å²) in [5.41, 5.74) is 1.27. The Bertz CT molecular complexity index is 537. The lowest BCUT2D eigenvalue weighted by Gasteiger charge is -2.00. The van der Waals surface area contributed by atoms with Crippen molar-refractivity contribution < 1.29 is 0 Å². The van der Waals surface area contributed by atoms with E-state index in [0.29, 0.717) is 0 Å². The third-order valence-electron chi connectivity index (χ3n) is 2.83. The molecule has 2 aromatic rings. The molecule has 0 fully saturated rings. The summed E-state index contributed by atoms with van der Waals surface area (Å²) in [6, 6.07) is 10.4. The third-order valence-corrected chi connectivity index (χ3v) is 3.80. The molecule has 1 aromatic carbocycles. The van der Waals surface area contributed by atoms with Crippen molar-refractivity contribution in [2.75, 3.05) is 0 Å². The molecule has 0 N–H and O–H groups in total. The topological polar surface area (TPSA) is 17.3 Å². The van der Waals surface area contributed by atoms with E-state index in [4.69, 9.17) is 4.99 Å². The van der Waals surface area contributed by atoms with Gasteiger partial charge in [-0.15, -0.1) is 11.3 Å². The van der Waals surface area contributed by atoms with Gasteiger partial charge in [0.25, 0.3) is 0 Å². The van der Waals surface area contributed by atoms with Crippen LogP contribution in [0.15, 0.2) is 41.5 Å². The van der Waals surface area contributed by atoms with Crippen LogP contribution in [0.3, 0.4) is 0 Å². The number of aromatic nitrogens is 1. The second kappa shape index (κ2) is 6.55. The maximum absolute atomic E-state index is 4.73. The summed E-state index contributed by atoms with van der Waals surface area (Å²) in [7, 11) is 0. The Balaban J connectivity index is 2.16. The Morgan fingerprint density at radius 2 is 2.00 bits per heavy atom. The predicted molar refractivity (Wildman–Crippen MR) is 77.7 cm³/mol. The molecule has 0 amide bonds. The van der Waals surface area contributed by atoms with E-state index in [1.54, 1.807) is 11.3 Å². The highest BCUT2D eigenvalue weighted by molar-refractivity contribution is 7.09. The maximum Gasteiger partial charge on any atom is 0.185 e. The average molecular weight is 260 g/mol. The minimum Gasteiger partial charge on any atom is -0.324 e. The summed E-state index contributed by atoms with van der Waals surface area (Å²) in [5, 5.41) is 0. The van der Waals surface area contributed by atoms with Crippen molar-refractivity contribution in [3.63, 3.8) is 0 Å². The highest BCUT2D eigenvalue weighted by Crippen LogP contribution is 2.04. The van der Waals surface area contributed by atoms with Gasteiger partial charge in [-0.25, -0.2) is 0 Å². The number of aryl methyl sites for hydroxylation is 2. The van der Waals surface area contributed by atoms with Crippen molar-refractivity contribution in [3.05, 3.63) is 51.8 Å². The molecule has 1 aromatic heterocycles. The Hall–Kier alpha value is -1.35. The molecule has 0 aliphatic carbocycles. The standard InChI is InChI=1S/C15H20N2S/c1-3-4-10-17-12-13(2)18-15(17)16-11-14-8-6-5-7-9-14/h5-9,12H,3-4,10-11H2,1-2H3. The van der Waals surface area contributed by atoms with Gasteiger partial charge in [0.2, 0.25) is 0 Å². The number of rotatable bonds is 5. The van der Waals surface area contributed by atoms with E-state index < -0.39 is 0 Å². The lowest BCUT2D eigenvalue weighted by molar-refractivity contribution is 0.613. The van der Waals surface area contributed by atoms with Crippen LogP contribution in [0, 0.1) is 6.92 Å². The van der Waals surface area contributed by atoms with Crippen molar-refractivity contribution in [1.29, 1.82) is 0 Å². The van der Waals surface area contributed by atoms with Crippen LogP contribution < -0.4 is 4.80 Å². The highest BCUT2D eigenvalue weighted by atomic mass is 32.1. The van der Waals surface area contributed by atoms with E-state index in [0.717, 1.165) is 17.9 Å². The molecule has 0 bridgehead atoms. The molecular weight excluding hydrogens is 240 g/mol. The lowest BCUT2D eigenvalue weighted by atomic mass is 10.2. The molecule has 96 valence electrons. The quantitative estimate of drug-likeness (QED) is 0.779. The normalized spacial score (nSPS) is 12.0. The van der Waals surface area contributed by atoms with Gasteiger partial charge in [0.15, 0.2) is 4.80 Å². The molecule has 3 heteroatoms. The highest BCUT2D eigenvalue weighted by Gasteiger charge is 1.98. The largest absolute Gasteiger partial charge is 0.324 e. The minimum atomic E-state index is 0.771. The van der Waals surface area contributed by atoms with Crippen LogP contribution in [0.1, 0.15) is 30.2 Å². The first-order valence-corrected chi connectivity index (χ1v) is 7.32. The maximum atomic E-state index is 4.73.